The van der Waals surface area contributed by atoms with Crippen LogP contribution in [0.2, 0.25) is 10.0 Å². The molecule has 0 saturated heterocycles. The van der Waals surface area contributed by atoms with Gasteiger partial charge in [0.2, 0.25) is 0 Å². The van der Waals surface area contributed by atoms with Gasteiger partial charge in [-0.25, -0.2) is 0 Å². The van der Waals surface area contributed by atoms with Gasteiger partial charge in [0.25, 0.3) is 5.91 Å². The zero-order valence-corrected chi connectivity index (χ0v) is 16.6. The Balaban J connectivity index is 1.62. The Labute approximate surface area is 168 Å². The van der Waals surface area contributed by atoms with E-state index in [1.165, 1.54) is 27.7 Å². The molecule has 0 fully saturated rings. The zero-order valence-electron chi connectivity index (χ0n) is 15.1. The van der Waals surface area contributed by atoms with Crippen molar-refractivity contribution in [2.75, 3.05) is 6.54 Å². The lowest BCUT2D eigenvalue weighted by atomic mass is 9.89. The molecule has 1 aliphatic heterocycles. The Hall–Kier alpha value is -1.97. The minimum absolute atomic E-state index is 0.00204. The summed E-state index contributed by atoms with van der Waals surface area (Å²) in [6.45, 7) is 3.66. The highest BCUT2D eigenvalue weighted by molar-refractivity contribution is 6.36. The van der Waals surface area contributed by atoms with Gasteiger partial charge in [0.15, 0.2) is 0 Å². The van der Waals surface area contributed by atoms with Crippen LogP contribution in [0.1, 0.15) is 46.1 Å². The van der Waals surface area contributed by atoms with Gasteiger partial charge in [-0.15, -0.1) is 0 Å². The van der Waals surface area contributed by atoms with E-state index in [0.29, 0.717) is 22.2 Å². The van der Waals surface area contributed by atoms with Gasteiger partial charge in [0, 0.05) is 34.7 Å². The predicted molar refractivity (Wildman–Crippen MR) is 110 cm³/mol. The van der Waals surface area contributed by atoms with Crippen molar-refractivity contribution in [3.63, 3.8) is 0 Å². The van der Waals surface area contributed by atoms with Crippen LogP contribution in [0.3, 0.4) is 0 Å². The van der Waals surface area contributed by atoms with Crippen molar-refractivity contribution >= 4 is 40.0 Å². The summed E-state index contributed by atoms with van der Waals surface area (Å²) in [5.74, 6) is 0.00204. The normalized spacial score (nSPS) is 18.6. The average molecular weight is 399 g/mol. The number of hydrogen-bond donors (Lipinski definition) is 0. The topological polar surface area (TPSA) is 25.2 Å². The number of carbonyl (C=O) groups is 1. The van der Waals surface area contributed by atoms with Crippen LogP contribution < -0.4 is 0 Å². The highest BCUT2D eigenvalue weighted by Gasteiger charge is 2.37. The van der Waals surface area contributed by atoms with E-state index in [2.05, 4.69) is 29.7 Å². The van der Waals surface area contributed by atoms with E-state index in [0.717, 1.165) is 25.8 Å². The Bertz CT molecular complexity index is 1090. The largest absolute Gasteiger partial charge is 0.341 e. The molecule has 0 spiro atoms. The maximum absolute atomic E-state index is 13.3. The minimum atomic E-state index is 0.00204. The number of hydrogen-bond acceptors (Lipinski definition) is 1. The molecular weight excluding hydrogens is 379 g/mol. The summed E-state index contributed by atoms with van der Waals surface area (Å²) >= 11 is 12.3. The van der Waals surface area contributed by atoms with Gasteiger partial charge >= 0.3 is 0 Å². The third-order valence-corrected chi connectivity index (χ3v) is 6.50. The second kappa shape index (κ2) is 6.29. The van der Waals surface area contributed by atoms with Crippen LogP contribution in [0, 0.1) is 6.92 Å². The molecule has 2 aliphatic rings. The summed E-state index contributed by atoms with van der Waals surface area (Å²) in [4.78, 5) is 15.3. The predicted octanol–water partition coefficient (Wildman–Crippen LogP) is 5.79. The highest BCUT2D eigenvalue weighted by Crippen LogP contribution is 2.43. The maximum atomic E-state index is 13.3. The van der Waals surface area contributed by atoms with E-state index in [9.17, 15) is 4.79 Å². The summed E-state index contributed by atoms with van der Waals surface area (Å²) in [5.41, 5.74) is 5.86. The van der Waals surface area contributed by atoms with Crippen LogP contribution in [0.4, 0.5) is 0 Å². The SMILES string of the molecule is Cc1ccc2c(c1)c1c3n2CCN(C(=O)c2ccc(Cl)cc2Cl)C3CCC1. The number of nitrogens with zero attached hydrogens (tertiary/aromatic N) is 2. The number of halogens is 2. The Morgan fingerprint density at radius 3 is 2.78 bits per heavy atom. The van der Waals surface area contributed by atoms with Crippen LogP contribution in [-0.2, 0) is 13.0 Å². The van der Waals surface area contributed by atoms with E-state index in [1.807, 2.05) is 4.90 Å². The molecule has 0 radical (unpaired) electrons. The van der Waals surface area contributed by atoms with Crippen molar-refractivity contribution in [3.8, 4) is 0 Å². The van der Waals surface area contributed by atoms with Crippen LogP contribution >= 0.6 is 23.2 Å². The lowest BCUT2D eigenvalue weighted by Gasteiger charge is -2.40. The molecule has 0 N–H and O–H groups in total. The van der Waals surface area contributed by atoms with Gasteiger partial charge in [-0.2, -0.15) is 0 Å². The fourth-order valence-corrected chi connectivity index (χ4v) is 5.27. The molecule has 3 nitrogen and oxygen atoms in total. The molecule has 0 bridgehead atoms. The van der Waals surface area contributed by atoms with Crippen LogP contribution in [-0.4, -0.2) is 21.9 Å². The summed E-state index contributed by atoms with van der Waals surface area (Å²) in [5, 5.41) is 2.32. The molecule has 0 saturated carbocycles. The summed E-state index contributed by atoms with van der Waals surface area (Å²) < 4.78 is 2.43. The van der Waals surface area contributed by atoms with E-state index in [4.69, 9.17) is 23.2 Å². The summed E-state index contributed by atoms with van der Waals surface area (Å²) in [6.07, 6.45) is 3.19. The number of aromatic nitrogens is 1. The molecule has 3 aromatic rings. The molecule has 27 heavy (non-hydrogen) atoms. The third-order valence-electron chi connectivity index (χ3n) is 5.95. The van der Waals surface area contributed by atoms with E-state index in [1.54, 1.807) is 18.2 Å². The van der Waals surface area contributed by atoms with Crippen molar-refractivity contribution in [1.29, 1.82) is 0 Å². The van der Waals surface area contributed by atoms with Gasteiger partial charge in [0.1, 0.15) is 0 Å². The van der Waals surface area contributed by atoms with Crippen molar-refractivity contribution in [2.24, 2.45) is 0 Å². The van der Waals surface area contributed by atoms with Crippen molar-refractivity contribution in [2.45, 2.75) is 38.8 Å². The number of aryl methyl sites for hydroxylation is 2. The molecule has 2 aromatic carbocycles. The van der Waals surface area contributed by atoms with Crippen molar-refractivity contribution in [3.05, 3.63) is 68.8 Å². The van der Waals surface area contributed by atoms with Gasteiger partial charge in [-0.3, -0.25) is 4.79 Å². The van der Waals surface area contributed by atoms with Gasteiger partial charge in [-0.05, 0) is 62.1 Å². The van der Waals surface area contributed by atoms with Gasteiger partial charge in [0.05, 0.1) is 16.6 Å². The summed E-state index contributed by atoms with van der Waals surface area (Å²) in [6, 6.07) is 11.9. The first-order chi connectivity index (χ1) is 13.0. The lowest BCUT2D eigenvalue weighted by Crippen LogP contribution is -2.43. The van der Waals surface area contributed by atoms with Crippen LogP contribution in [0.25, 0.3) is 10.9 Å². The molecule has 1 atom stereocenters. The maximum Gasteiger partial charge on any atom is 0.255 e. The lowest BCUT2D eigenvalue weighted by molar-refractivity contribution is 0.0601. The summed E-state index contributed by atoms with van der Waals surface area (Å²) in [7, 11) is 0. The first-order valence-electron chi connectivity index (χ1n) is 9.42. The highest BCUT2D eigenvalue weighted by atomic mass is 35.5. The number of carbonyl (C=O) groups excluding carboxylic acids is 1. The fraction of sp³-hybridized carbons (Fsp3) is 0.318. The molecule has 1 amide bonds. The number of rotatable bonds is 1. The molecule has 138 valence electrons. The van der Waals surface area contributed by atoms with Crippen molar-refractivity contribution < 1.29 is 4.79 Å². The monoisotopic (exact) mass is 398 g/mol. The Kier molecular flexibility index (Phi) is 3.99. The molecule has 1 aromatic heterocycles. The van der Waals surface area contributed by atoms with Crippen LogP contribution in [0.15, 0.2) is 36.4 Å². The smallest absolute Gasteiger partial charge is 0.255 e. The Morgan fingerprint density at radius 2 is 1.96 bits per heavy atom. The quantitative estimate of drug-likeness (QED) is 0.509. The van der Waals surface area contributed by atoms with Crippen molar-refractivity contribution in [1.82, 2.24) is 9.47 Å². The second-order valence-corrected chi connectivity index (χ2v) is 8.41. The average Bonchev–Trinajstić information content (AvgIpc) is 2.97. The second-order valence-electron chi connectivity index (χ2n) is 7.57. The van der Waals surface area contributed by atoms with Gasteiger partial charge in [-0.1, -0.05) is 34.8 Å². The Morgan fingerprint density at radius 1 is 1.11 bits per heavy atom. The molecule has 5 heteroatoms. The molecular formula is C22H20Cl2N2O. The minimum Gasteiger partial charge on any atom is -0.341 e. The first kappa shape index (κ1) is 17.2. The van der Waals surface area contributed by atoms with E-state index >= 15 is 0 Å². The molecule has 1 aliphatic carbocycles. The third kappa shape index (κ3) is 2.60. The first-order valence-corrected chi connectivity index (χ1v) is 10.2. The number of benzene rings is 2. The van der Waals surface area contributed by atoms with E-state index in [-0.39, 0.29) is 11.9 Å². The standard InChI is InChI=1S/C22H20Cl2N2O/c1-13-5-8-19-17(11-13)15-3-2-4-20-21(15)25(19)9-10-26(20)22(27)16-7-6-14(23)12-18(16)24/h5-8,11-12,20H,2-4,9-10H2,1H3. The fourth-order valence-electron chi connectivity index (χ4n) is 4.78. The van der Waals surface area contributed by atoms with E-state index < -0.39 is 0 Å². The molecule has 1 unspecified atom stereocenters. The zero-order chi connectivity index (χ0) is 18.7. The van der Waals surface area contributed by atoms with Crippen LogP contribution in [0.5, 0.6) is 0 Å². The molecule has 2 heterocycles. The number of amides is 1. The molecule has 5 rings (SSSR count). The number of fused-ring (bicyclic) bond motifs is 3. The van der Waals surface area contributed by atoms with Gasteiger partial charge < -0.3 is 9.47 Å².